The summed E-state index contributed by atoms with van der Waals surface area (Å²) in [6.45, 7) is 4.87. The molecule has 98 valence electrons. The smallest absolute Gasteiger partial charge is 0.0707 e. The number of hydrogen-bond donors (Lipinski definition) is 1. The first-order valence-corrected chi connectivity index (χ1v) is 6.92. The highest BCUT2D eigenvalue weighted by molar-refractivity contribution is 5.24. The Morgan fingerprint density at radius 1 is 1.22 bits per heavy atom. The van der Waals surface area contributed by atoms with Crippen molar-refractivity contribution in [1.29, 1.82) is 0 Å². The fraction of sp³-hybridized carbons (Fsp3) is 0.600. The standard InChI is InChI=1S/C15H22N2O/c1-11-2-4-12(5-3-11)15(8-16)17-9-13-6-7-14(10-17)18-13/h2-5,13-15H,6-10,16H2,1H3. The van der Waals surface area contributed by atoms with Gasteiger partial charge in [-0.2, -0.15) is 0 Å². The highest BCUT2D eigenvalue weighted by Crippen LogP contribution is 2.31. The van der Waals surface area contributed by atoms with Crippen LogP contribution in [-0.2, 0) is 4.74 Å². The van der Waals surface area contributed by atoms with Crippen molar-refractivity contribution < 1.29 is 4.74 Å². The third-order valence-electron chi connectivity index (χ3n) is 4.20. The molecular formula is C15H22N2O. The zero-order valence-corrected chi connectivity index (χ0v) is 11.0. The van der Waals surface area contributed by atoms with Gasteiger partial charge in [0.25, 0.3) is 0 Å². The van der Waals surface area contributed by atoms with Gasteiger partial charge in [0.2, 0.25) is 0 Å². The Labute approximate surface area is 109 Å². The summed E-state index contributed by atoms with van der Waals surface area (Å²) in [7, 11) is 0. The van der Waals surface area contributed by atoms with Gasteiger partial charge in [0.1, 0.15) is 0 Å². The number of morpholine rings is 1. The van der Waals surface area contributed by atoms with Crippen molar-refractivity contribution in [2.75, 3.05) is 19.6 Å². The van der Waals surface area contributed by atoms with Crippen LogP contribution >= 0.6 is 0 Å². The van der Waals surface area contributed by atoms with Gasteiger partial charge in [0.05, 0.1) is 12.2 Å². The second-order valence-corrected chi connectivity index (χ2v) is 5.57. The number of likely N-dealkylation sites (tertiary alicyclic amines) is 1. The second-order valence-electron chi connectivity index (χ2n) is 5.57. The van der Waals surface area contributed by atoms with Crippen LogP contribution in [0.1, 0.15) is 30.0 Å². The molecule has 2 heterocycles. The number of aryl methyl sites for hydroxylation is 1. The van der Waals surface area contributed by atoms with E-state index in [0.29, 0.717) is 24.8 Å². The third kappa shape index (κ3) is 2.30. The Morgan fingerprint density at radius 2 is 1.83 bits per heavy atom. The molecule has 3 heteroatoms. The van der Waals surface area contributed by atoms with Crippen molar-refractivity contribution in [3.05, 3.63) is 35.4 Å². The topological polar surface area (TPSA) is 38.5 Å². The monoisotopic (exact) mass is 246 g/mol. The Morgan fingerprint density at radius 3 is 2.39 bits per heavy atom. The molecule has 3 atom stereocenters. The van der Waals surface area contributed by atoms with Crippen LogP contribution < -0.4 is 5.73 Å². The lowest BCUT2D eigenvalue weighted by molar-refractivity contribution is -0.0521. The normalized spacial score (nSPS) is 29.4. The van der Waals surface area contributed by atoms with Crippen LogP contribution in [0.3, 0.4) is 0 Å². The second kappa shape index (κ2) is 5.00. The van der Waals surface area contributed by atoms with Crippen molar-refractivity contribution >= 4 is 0 Å². The molecule has 0 aromatic heterocycles. The summed E-state index contributed by atoms with van der Waals surface area (Å²) in [5.41, 5.74) is 8.64. The van der Waals surface area contributed by atoms with Crippen LogP contribution in [0.25, 0.3) is 0 Å². The van der Waals surface area contributed by atoms with Gasteiger partial charge in [-0.05, 0) is 25.3 Å². The molecule has 0 spiro atoms. The Bertz CT molecular complexity index is 391. The predicted molar refractivity (Wildman–Crippen MR) is 72.4 cm³/mol. The van der Waals surface area contributed by atoms with Crippen LogP contribution in [-0.4, -0.2) is 36.7 Å². The maximum absolute atomic E-state index is 6.00. The van der Waals surface area contributed by atoms with E-state index in [1.807, 2.05) is 0 Å². The number of hydrogen-bond acceptors (Lipinski definition) is 3. The van der Waals surface area contributed by atoms with E-state index in [1.54, 1.807) is 0 Å². The number of fused-ring (bicyclic) bond motifs is 2. The molecule has 0 radical (unpaired) electrons. The lowest BCUT2D eigenvalue weighted by Crippen LogP contribution is -2.46. The third-order valence-corrected chi connectivity index (χ3v) is 4.20. The summed E-state index contributed by atoms with van der Waals surface area (Å²) in [6, 6.07) is 9.12. The van der Waals surface area contributed by atoms with Gasteiger partial charge in [0, 0.05) is 25.7 Å². The van der Waals surface area contributed by atoms with Crippen LogP contribution in [0.15, 0.2) is 24.3 Å². The Balaban J connectivity index is 1.77. The summed E-state index contributed by atoms with van der Waals surface area (Å²) >= 11 is 0. The van der Waals surface area contributed by atoms with Gasteiger partial charge in [-0.15, -0.1) is 0 Å². The average molecular weight is 246 g/mol. The molecule has 2 saturated heterocycles. The molecule has 0 amide bonds. The fourth-order valence-corrected chi connectivity index (χ4v) is 3.19. The minimum atomic E-state index is 0.345. The fourth-order valence-electron chi connectivity index (χ4n) is 3.19. The molecule has 2 N–H and O–H groups in total. The molecule has 0 saturated carbocycles. The van der Waals surface area contributed by atoms with Crippen molar-refractivity contribution in [1.82, 2.24) is 4.90 Å². The zero-order valence-electron chi connectivity index (χ0n) is 11.0. The van der Waals surface area contributed by atoms with Crippen molar-refractivity contribution in [3.63, 3.8) is 0 Å². The Hall–Kier alpha value is -0.900. The predicted octanol–water partition coefficient (Wildman–Crippen LogP) is 1.86. The SMILES string of the molecule is Cc1ccc(C(CN)N2CC3CCC(C2)O3)cc1. The molecule has 0 aliphatic carbocycles. The Kier molecular flexibility index (Phi) is 3.37. The molecule has 2 aliphatic heterocycles. The summed E-state index contributed by atoms with van der Waals surface area (Å²) in [5, 5.41) is 0. The molecule has 2 aliphatic rings. The summed E-state index contributed by atoms with van der Waals surface area (Å²) < 4.78 is 5.89. The molecule has 3 unspecified atom stereocenters. The summed E-state index contributed by atoms with van der Waals surface area (Å²) in [6.07, 6.45) is 3.30. The van der Waals surface area contributed by atoms with Crippen molar-refractivity contribution in [2.45, 2.75) is 38.0 Å². The van der Waals surface area contributed by atoms with Gasteiger partial charge in [-0.25, -0.2) is 0 Å². The maximum Gasteiger partial charge on any atom is 0.0707 e. The van der Waals surface area contributed by atoms with E-state index >= 15 is 0 Å². The molecule has 1 aromatic carbocycles. The number of nitrogens with zero attached hydrogens (tertiary/aromatic N) is 1. The first-order valence-electron chi connectivity index (χ1n) is 6.92. The van der Waals surface area contributed by atoms with E-state index in [0.717, 1.165) is 13.1 Å². The van der Waals surface area contributed by atoms with E-state index in [1.165, 1.54) is 24.0 Å². The quantitative estimate of drug-likeness (QED) is 0.884. The highest BCUT2D eigenvalue weighted by Gasteiger charge is 2.36. The molecule has 2 fully saturated rings. The number of nitrogens with two attached hydrogens (primary N) is 1. The highest BCUT2D eigenvalue weighted by atomic mass is 16.5. The van der Waals surface area contributed by atoms with E-state index in [4.69, 9.17) is 10.5 Å². The summed E-state index contributed by atoms with van der Waals surface area (Å²) in [5.74, 6) is 0. The van der Waals surface area contributed by atoms with Gasteiger partial charge >= 0.3 is 0 Å². The summed E-state index contributed by atoms with van der Waals surface area (Å²) in [4.78, 5) is 2.51. The molecule has 1 aromatic rings. The van der Waals surface area contributed by atoms with Crippen LogP contribution in [0.5, 0.6) is 0 Å². The van der Waals surface area contributed by atoms with E-state index in [-0.39, 0.29) is 0 Å². The van der Waals surface area contributed by atoms with E-state index < -0.39 is 0 Å². The minimum Gasteiger partial charge on any atom is -0.372 e. The van der Waals surface area contributed by atoms with Crippen LogP contribution in [0.4, 0.5) is 0 Å². The molecule has 3 nitrogen and oxygen atoms in total. The van der Waals surface area contributed by atoms with Gasteiger partial charge in [-0.1, -0.05) is 29.8 Å². The first-order chi connectivity index (χ1) is 8.76. The lowest BCUT2D eigenvalue weighted by atomic mass is 10.0. The van der Waals surface area contributed by atoms with Crippen molar-refractivity contribution in [2.24, 2.45) is 5.73 Å². The number of benzene rings is 1. The van der Waals surface area contributed by atoms with Crippen LogP contribution in [0.2, 0.25) is 0 Å². The van der Waals surface area contributed by atoms with Crippen molar-refractivity contribution in [3.8, 4) is 0 Å². The molecular weight excluding hydrogens is 224 g/mol. The van der Waals surface area contributed by atoms with Gasteiger partial charge in [-0.3, -0.25) is 4.90 Å². The lowest BCUT2D eigenvalue weighted by Gasteiger charge is -2.37. The zero-order chi connectivity index (χ0) is 12.5. The average Bonchev–Trinajstić information content (AvgIpc) is 2.72. The van der Waals surface area contributed by atoms with E-state index in [2.05, 4.69) is 36.1 Å². The van der Waals surface area contributed by atoms with Crippen LogP contribution in [0, 0.1) is 6.92 Å². The first kappa shape index (κ1) is 12.2. The maximum atomic E-state index is 6.00. The molecule has 3 rings (SSSR count). The molecule has 2 bridgehead atoms. The van der Waals surface area contributed by atoms with Gasteiger partial charge in [0.15, 0.2) is 0 Å². The van der Waals surface area contributed by atoms with Gasteiger partial charge < -0.3 is 10.5 Å². The number of rotatable bonds is 3. The number of ether oxygens (including phenoxy) is 1. The largest absolute Gasteiger partial charge is 0.372 e. The molecule has 18 heavy (non-hydrogen) atoms. The van der Waals surface area contributed by atoms with E-state index in [9.17, 15) is 0 Å². The minimum absolute atomic E-state index is 0.345.